The second kappa shape index (κ2) is 10.6. The molecular weight excluding hydrogens is 331 g/mol. The van der Waals surface area contributed by atoms with E-state index in [9.17, 15) is 13.2 Å². The second-order valence-corrected chi connectivity index (χ2v) is 6.53. The number of rotatable bonds is 7. The zero-order valence-corrected chi connectivity index (χ0v) is 14.3. The van der Waals surface area contributed by atoms with Gasteiger partial charge in [0.2, 0.25) is 0 Å². The quantitative estimate of drug-likeness (QED) is 0.325. The molecule has 0 N–H and O–H groups in total. The van der Waals surface area contributed by atoms with Crippen LogP contribution in [0.4, 0.5) is 13.2 Å². The molecule has 1 rings (SSSR count). The van der Waals surface area contributed by atoms with Crippen molar-refractivity contribution in [2.45, 2.75) is 64.4 Å². The van der Waals surface area contributed by atoms with E-state index in [1.807, 2.05) is 0 Å². The van der Waals surface area contributed by atoms with Crippen LogP contribution in [-0.2, 0) is 23.1 Å². The van der Waals surface area contributed by atoms with Crippen molar-refractivity contribution in [2.24, 2.45) is 0 Å². The number of nitrogens with zero attached hydrogens (tertiary/aromatic N) is 1. The van der Waals surface area contributed by atoms with Gasteiger partial charge in [-0.3, -0.25) is 0 Å². The predicted molar refractivity (Wildman–Crippen MR) is 80.5 cm³/mol. The van der Waals surface area contributed by atoms with E-state index in [-0.39, 0.29) is 0 Å². The lowest BCUT2D eigenvalue weighted by Crippen LogP contribution is -2.32. The summed E-state index contributed by atoms with van der Waals surface area (Å²) in [6, 6.07) is 4.51. The molecule has 23 heavy (non-hydrogen) atoms. The minimum atomic E-state index is -6.09. The minimum Gasteiger partial charge on any atom is -0.741 e. The summed E-state index contributed by atoms with van der Waals surface area (Å²) in [5, 5.41) is 0. The number of alkyl halides is 3. The van der Waals surface area contributed by atoms with Gasteiger partial charge in [0.25, 0.3) is 0 Å². The van der Waals surface area contributed by atoms with Crippen molar-refractivity contribution >= 4 is 10.1 Å². The number of pyridine rings is 1. The van der Waals surface area contributed by atoms with Crippen LogP contribution in [0, 0.1) is 0 Å². The highest BCUT2D eigenvalue weighted by molar-refractivity contribution is 7.86. The maximum absolute atomic E-state index is 10.7. The van der Waals surface area contributed by atoms with Crippen LogP contribution in [0.5, 0.6) is 0 Å². The molecule has 0 aliphatic rings. The Labute approximate surface area is 136 Å². The van der Waals surface area contributed by atoms with Gasteiger partial charge in [-0.25, -0.2) is 13.0 Å². The zero-order chi connectivity index (χ0) is 17.9. The van der Waals surface area contributed by atoms with Crippen molar-refractivity contribution in [1.29, 1.82) is 0 Å². The molecule has 4 nitrogen and oxygen atoms in total. The second-order valence-electron chi connectivity index (χ2n) is 5.15. The van der Waals surface area contributed by atoms with Gasteiger partial charge in [0.15, 0.2) is 22.5 Å². The third kappa shape index (κ3) is 10.3. The summed E-state index contributed by atoms with van der Waals surface area (Å²) in [4.78, 5) is 0. The summed E-state index contributed by atoms with van der Waals surface area (Å²) in [5.41, 5.74) is -4.19. The molecule has 0 amide bonds. The third-order valence-corrected chi connectivity index (χ3v) is 3.62. The standard InChI is InChI=1S/C14H24N.CHF3O3S/c1-3-5-6-7-11-15-12-9-14(8-4-2)10-13-15;2-1(3,4)8(5,6)7/h9-10,12-13H,3-8,11H2,1-2H3;(H,5,6,7)/q+1;/p-1. The van der Waals surface area contributed by atoms with Crippen LogP contribution in [0.25, 0.3) is 0 Å². The molecule has 134 valence electrons. The number of unbranched alkanes of at least 4 members (excludes halogenated alkanes) is 3. The van der Waals surface area contributed by atoms with Gasteiger partial charge in [0.05, 0.1) is 0 Å². The maximum atomic E-state index is 10.7. The fourth-order valence-electron chi connectivity index (χ4n) is 1.81. The van der Waals surface area contributed by atoms with Crippen LogP contribution >= 0.6 is 0 Å². The summed E-state index contributed by atoms with van der Waals surface area (Å²) < 4.78 is 61.2. The lowest BCUT2D eigenvalue weighted by molar-refractivity contribution is -0.697. The number of aryl methyl sites for hydroxylation is 2. The Morgan fingerprint density at radius 1 is 1.04 bits per heavy atom. The minimum absolute atomic E-state index is 1.17. The van der Waals surface area contributed by atoms with Gasteiger partial charge >= 0.3 is 5.51 Å². The van der Waals surface area contributed by atoms with E-state index < -0.39 is 15.6 Å². The lowest BCUT2D eigenvalue weighted by Gasteiger charge is -2.08. The molecule has 0 fully saturated rings. The molecule has 0 spiro atoms. The largest absolute Gasteiger partial charge is 0.741 e. The van der Waals surface area contributed by atoms with Gasteiger partial charge < -0.3 is 4.55 Å². The Morgan fingerprint density at radius 2 is 1.57 bits per heavy atom. The SMILES string of the molecule is CCCCCC[n+]1ccc(CCC)cc1.O=S(=O)([O-])C(F)(F)F. The molecule has 0 bridgehead atoms. The number of aromatic nitrogens is 1. The number of hydrogen-bond donors (Lipinski definition) is 0. The Morgan fingerprint density at radius 3 is 1.96 bits per heavy atom. The maximum Gasteiger partial charge on any atom is 0.485 e. The van der Waals surface area contributed by atoms with Crippen LogP contribution < -0.4 is 4.57 Å². The first kappa shape index (κ1) is 21.9. The highest BCUT2D eigenvalue weighted by Crippen LogP contribution is 2.20. The smallest absolute Gasteiger partial charge is 0.485 e. The average molecular weight is 355 g/mol. The van der Waals surface area contributed by atoms with E-state index in [1.54, 1.807) is 0 Å². The summed E-state index contributed by atoms with van der Waals surface area (Å²) in [6.45, 7) is 5.66. The molecule has 1 heterocycles. The molecule has 0 aliphatic heterocycles. The first-order valence-electron chi connectivity index (χ1n) is 7.62. The molecule has 1 aromatic heterocycles. The van der Waals surface area contributed by atoms with E-state index in [1.165, 1.54) is 50.6 Å². The number of halogens is 3. The van der Waals surface area contributed by atoms with Crippen LogP contribution in [0.15, 0.2) is 24.5 Å². The highest BCUT2D eigenvalue weighted by atomic mass is 32.2. The van der Waals surface area contributed by atoms with Gasteiger partial charge in [-0.05, 0) is 18.4 Å². The van der Waals surface area contributed by atoms with E-state index in [0.29, 0.717) is 0 Å². The van der Waals surface area contributed by atoms with Crippen LogP contribution in [-0.4, -0.2) is 18.5 Å². The van der Waals surface area contributed by atoms with Gasteiger partial charge in [-0.1, -0.05) is 33.1 Å². The first-order valence-corrected chi connectivity index (χ1v) is 9.02. The third-order valence-electron chi connectivity index (χ3n) is 3.05. The van der Waals surface area contributed by atoms with E-state index in [2.05, 4.69) is 42.9 Å². The Balaban J connectivity index is 0.000000515. The van der Waals surface area contributed by atoms with Gasteiger partial charge in [0.1, 0.15) is 6.54 Å². The van der Waals surface area contributed by atoms with Crippen LogP contribution in [0.1, 0.15) is 51.5 Å². The zero-order valence-electron chi connectivity index (χ0n) is 13.5. The van der Waals surface area contributed by atoms with E-state index in [0.717, 1.165) is 0 Å². The molecule has 0 atom stereocenters. The molecule has 0 aliphatic carbocycles. The Kier molecular flexibility index (Phi) is 10.1. The number of hydrogen-bond acceptors (Lipinski definition) is 3. The van der Waals surface area contributed by atoms with Crippen LogP contribution in [0.2, 0.25) is 0 Å². The summed E-state index contributed by atoms with van der Waals surface area (Å²) in [6.07, 6.45) is 12.2. The summed E-state index contributed by atoms with van der Waals surface area (Å²) in [5.74, 6) is 0. The lowest BCUT2D eigenvalue weighted by atomic mass is 10.1. The first-order chi connectivity index (χ1) is 10.6. The van der Waals surface area contributed by atoms with Crippen molar-refractivity contribution in [3.63, 3.8) is 0 Å². The molecular formula is C15H24F3NO3S. The van der Waals surface area contributed by atoms with Crippen LogP contribution in [0.3, 0.4) is 0 Å². The van der Waals surface area contributed by atoms with Crippen molar-refractivity contribution in [2.75, 3.05) is 0 Å². The predicted octanol–water partition coefficient (Wildman–Crippen LogP) is 3.56. The van der Waals surface area contributed by atoms with Gasteiger partial charge in [-0.2, -0.15) is 13.2 Å². The van der Waals surface area contributed by atoms with Gasteiger partial charge in [0, 0.05) is 18.6 Å². The molecule has 0 saturated carbocycles. The summed E-state index contributed by atoms with van der Waals surface area (Å²) >= 11 is 0. The molecule has 8 heteroatoms. The highest BCUT2D eigenvalue weighted by Gasteiger charge is 2.36. The fourth-order valence-corrected chi connectivity index (χ4v) is 1.81. The summed E-state index contributed by atoms with van der Waals surface area (Å²) in [7, 11) is -6.09. The average Bonchev–Trinajstić information content (AvgIpc) is 2.44. The molecule has 0 saturated heterocycles. The van der Waals surface area contributed by atoms with Crippen molar-refractivity contribution < 1.29 is 30.7 Å². The molecule has 0 radical (unpaired) electrons. The van der Waals surface area contributed by atoms with E-state index >= 15 is 0 Å². The van der Waals surface area contributed by atoms with Crippen molar-refractivity contribution in [1.82, 2.24) is 0 Å². The molecule has 0 aromatic carbocycles. The van der Waals surface area contributed by atoms with Gasteiger partial charge in [-0.15, -0.1) is 0 Å². The Hall–Kier alpha value is -1.15. The molecule has 0 unspecified atom stereocenters. The topological polar surface area (TPSA) is 61.1 Å². The monoisotopic (exact) mass is 355 g/mol. The van der Waals surface area contributed by atoms with Crippen molar-refractivity contribution in [3.05, 3.63) is 30.1 Å². The fraction of sp³-hybridized carbons (Fsp3) is 0.667. The molecule has 1 aromatic rings. The Bertz CT molecular complexity index is 528. The normalized spacial score (nSPS) is 11.7. The van der Waals surface area contributed by atoms with E-state index in [4.69, 9.17) is 13.0 Å². The van der Waals surface area contributed by atoms with Crippen molar-refractivity contribution in [3.8, 4) is 0 Å².